The number of amides is 2. The quantitative estimate of drug-likeness (QED) is 0.819. The van der Waals surface area contributed by atoms with E-state index in [1.54, 1.807) is 18.9 Å². The van der Waals surface area contributed by atoms with Gasteiger partial charge in [-0.3, -0.25) is 0 Å². The molecular weight excluding hydrogens is 260 g/mol. The van der Waals surface area contributed by atoms with E-state index in [0.29, 0.717) is 13.1 Å². The molecule has 0 aromatic rings. The summed E-state index contributed by atoms with van der Waals surface area (Å²) in [4.78, 5) is 25.5. The van der Waals surface area contributed by atoms with Gasteiger partial charge in [-0.2, -0.15) is 0 Å². The zero-order valence-electron chi connectivity index (χ0n) is 12.4. The molecule has 2 atom stereocenters. The van der Waals surface area contributed by atoms with Crippen LogP contribution in [-0.2, 0) is 9.53 Å². The van der Waals surface area contributed by atoms with Crippen LogP contribution in [0.15, 0.2) is 0 Å². The van der Waals surface area contributed by atoms with E-state index in [0.717, 1.165) is 25.7 Å². The first kappa shape index (κ1) is 15.1. The summed E-state index contributed by atoms with van der Waals surface area (Å²) in [7, 11) is 1.65. The summed E-state index contributed by atoms with van der Waals surface area (Å²) >= 11 is 0. The number of aliphatic carboxylic acids is 1. The minimum atomic E-state index is -1.15. The van der Waals surface area contributed by atoms with E-state index in [1.165, 1.54) is 0 Å². The molecular formula is C14H24N2O4. The predicted molar refractivity (Wildman–Crippen MR) is 73.5 cm³/mol. The monoisotopic (exact) mass is 284 g/mol. The van der Waals surface area contributed by atoms with Gasteiger partial charge in [0.05, 0.1) is 12.1 Å². The van der Waals surface area contributed by atoms with Crippen LogP contribution >= 0.6 is 0 Å². The van der Waals surface area contributed by atoms with Crippen molar-refractivity contribution in [1.29, 1.82) is 0 Å². The number of nitrogens with zero attached hydrogens (tertiary/aromatic N) is 1. The number of hydrogen-bond acceptors (Lipinski definition) is 3. The number of rotatable bonds is 4. The largest absolute Gasteiger partial charge is 0.480 e. The van der Waals surface area contributed by atoms with E-state index in [9.17, 15) is 14.7 Å². The number of methoxy groups -OCH3 is 1. The average molecular weight is 284 g/mol. The number of carboxylic acids is 1. The third-order valence-electron chi connectivity index (χ3n) is 4.64. The highest BCUT2D eigenvalue weighted by Gasteiger charge is 2.49. The van der Waals surface area contributed by atoms with Gasteiger partial charge in [-0.1, -0.05) is 0 Å². The van der Waals surface area contributed by atoms with Crippen LogP contribution in [0.25, 0.3) is 0 Å². The molecule has 114 valence electrons. The standard InChI is InChI=1S/C14H24N2O4/c1-13(20-3)7-4-8-16(9-13)12(19)15-14(2,11(17)18)10-5-6-10/h10H,4-9H2,1-3H3,(H,15,19)(H,17,18). The SMILES string of the molecule is COC1(C)CCCN(C(=O)NC(C)(C(=O)O)C2CC2)C1. The molecule has 2 rings (SSSR count). The van der Waals surface area contributed by atoms with Crippen LogP contribution in [0.1, 0.15) is 39.5 Å². The van der Waals surface area contributed by atoms with Crippen LogP contribution in [0.2, 0.25) is 0 Å². The van der Waals surface area contributed by atoms with E-state index in [2.05, 4.69) is 5.32 Å². The van der Waals surface area contributed by atoms with Crippen LogP contribution in [-0.4, -0.2) is 53.3 Å². The van der Waals surface area contributed by atoms with Crippen molar-refractivity contribution in [1.82, 2.24) is 10.2 Å². The molecule has 2 amide bonds. The lowest BCUT2D eigenvalue weighted by Crippen LogP contribution is -2.60. The maximum Gasteiger partial charge on any atom is 0.329 e. The van der Waals surface area contributed by atoms with Crippen molar-refractivity contribution in [2.75, 3.05) is 20.2 Å². The van der Waals surface area contributed by atoms with Gasteiger partial charge in [-0.25, -0.2) is 9.59 Å². The lowest BCUT2D eigenvalue weighted by atomic mass is 9.94. The van der Waals surface area contributed by atoms with Crippen molar-refractivity contribution < 1.29 is 19.4 Å². The van der Waals surface area contributed by atoms with Crippen molar-refractivity contribution in [3.05, 3.63) is 0 Å². The first-order valence-electron chi connectivity index (χ1n) is 7.16. The second kappa shape index (κ2) is 5.24. The molecule has 2 unspecified atom stereocenters. The molecule has 2 aliphatic rings. The van der Waals surface area contributed by atoms with Gasteiger partial charge >= 0.3 is 12.0 Å². The van der Waals surface area contributed by atoms with Crippen molar-refractivity contribution in [2.24, 2.45) is 5.92 Å². The first-order valence-corrected chi connectivity index (χ1v) is 7.16. The topological polar surface area (TPSA) is 78.9 Å². The Hall–Kier alpha value is -1.30. The Kier molecular flexibility index (Phi) is 3.95. The predicted octanol–water partition coefficient (Wildman–Crippen LogP) is 1.45. The third-order valence-corrected chi connectivity index (χ3v) is 4.64. The number of nitrogens with one attached hydrogen (secondary N) is 1. The number of carbonyl (C=O) groups excluding carboxylic acids is 1. The molecule has 2 fully saturated rings. The van der Waals surface area contributed by atoms with Gasteiger partial charge in [0, 0.05) is 13.7 Å². The van der Waals surface area contributed by atoms with Crippen molar-refractivity contribution in [3.8, 4) is 0 Å². The fraction of sp³-hybridized carbons (Fsp3) is 0.857. The van der Waals surface area contributed by atoms with Gasteiger partial charge in [-0.05, 0) is 45.4 Å². The smallest absolute Gasteiger partial charge is 0.329 e. The summed E-state index contributed by atoms with van der Waals surface area (Å²) in [5, 5.41) is 12.1. The maximum atomic E-state index is 12.4. The minimum Gasteiger partial charge on any atom is -0.480 e. The first-order chi connectivity index (χ1) is 9.31. The number of piperidine rings is 1. The number of ether oxygens (including phenoxy) is 1. The Balaban J connectivity index is 2.02. The second-order valence-electron chi connectivity index (χ2n) is 6.39. The molecule has 1 heterocycles. The highest BCUT2D eigenvalue weighted by molar-refractivity contribution is 5.86. The fourth-order valence-electron chi connectivity index (χ4n) is 2.84. The van der Waals surface area contributed by atoms with Gasteiger partial charge in [-0.15, -0.1) is 0 Å². The molecule has 1 aliphatic heterocycles. The summed E-state index contributed by atoms with van der Waals surface area (Å²) in [5.74, 6) is -0.914. The summed E-state index contributed by atoms with van der Waals surface area (Å²) < 4.78 is 5.46. The molecule has 6 heteroatoms. The number of likely N-dealkylation sites (tertiary alicyclic amines) is 1. The van der Waals surface area contributed by atoms with Crippen LogP contribution in [0, 0.1) is 5.92 Å². The van der Waals surface area contributed by atoms with Crippen molar-refractivity contribution >= 4 is 12.0 Å². The van der Waals surface area contributed by atoms with Crippen LogP contribution in [0.5, 0.6) is 0 Å². The molecule has 0 aromatic heterocycles. The number of hydrogen-bond donors (Lipinski definition) is 2. The van der Waals surface area contributed by atoms with E-state index in [4.69, 9.17) is 4.74 Å². The minimum absolute atomic E-state index is 0.0440. The highest BCUT2D eigenvalue weighted by Crippen LogP contribution is 2.40. The lowest BCUT2D eigenvalue weighted by Gasteiger charge is -2.40. The Morgan fingerprint density at radius 1 is 1.45 bits per heavy atom. The van der Waals surface area contributed by atoms with Gasteiger partial charge in [0.2, 0.25) is 0 Å². The van der Waals surface area contributed by atoms with Crippen LogP contribution in [0.3, 0.4) is 0 Å². The van der Waals surface area contributed by atoms with Crippen LogP contribution < -0.4 is 5.32 Å². The Labute approximate surface area is 119 Å². The normalized spacial score (nSPS) is 29.6. The molecule has 0 bridgehead atoms. The fourth-order valence-corrected chi connectivity index (χ4v) is 2.84. The molecule has 1 aliphatic carbocycles. The average Bonchev–Trinajstić information content (AvgIpc) is 3.23. The van der Waals surface area contributed by atoms with Gasteiger partial charge < -0.3 is 20.1 Å². The number of carbonyl (C=O) groups is 2. The molecule has 0 aromatic carbocycles. The molecule has 6 nitrogen and oxygen atoms in total. The van der Waals surface area contributed by atoms with E-state index in [1.807, 2.05) is 6.92 Å². The molecule has 0 spiro atoms. The van der Waals surface area contributed by atoms with Gasteiger partial charge in [0.25, 0.3) is 0 Å². The molecule has 1 saturated carbocycles. The maximum absolute atomic E-state index is 12.4. The van der Waals surface area contributed by atoms with E-state index < -0.39 is 11.5 Å². The third kappa shape index (κ3) is 2.90. The molecule has 1 saturated heterocycles. The summed E-state index contributed by atoms with van der Waals surface area (Å²) in [6, 6.07) is -0.301. The summed E-state index contributed by atoms with van der Waals surface area (Å²) in [5.41, 5.74) is -1.49. The van der Waals surface area contributed by atoms with Crippen molar-refractivity contribution in [3.63, 3.8) is 0 Å². The van der Waals surface area contributed by atoms with E-state index >= 15 is 0 Å². The van der Waals surface area contributed by atoms with Crippen molar-refractivity contribution in [2.45, 2.75) is 50.7 Å². The zero-order valence-corrected chi connectivity index (χ0v) is 12.4. The summed E-state index contributed by atoms with van der Waals surface area (Å²) in [6.45, 7) is 4.72. The Morgan fingerprint density at radius 2 is 2.10 bits per heavy atom. The van der Waals surface area contributed by atoms with Gasteiger partial charge in [0.1, 0.15) is 5.54 Å². The second-order valence-corrected chi connectivity index (χ2v) is 6.39. The van der Waals surface area contributed by atoms with Crippen LogP contribution in [0.4, 0.5) is 4.79 Å². The van der Waals surface area contributed by atoms with E-state index in [-0.39, 0.29) is 17.6 Å². The van der Waals surface area contributed by atoms with Gasteiger partial charge in [0.15, 0.2) is 0 Å². The molecule has 20 heavy (non-hydrogen) atoms. The zero-order chi connectivity index (χ0) is 15.0. The Morgan fingerprint density at radius 3 is 2.60 bits per heavy atom. The highest BCUT2D eigenvalue weighted by atomic mass is 16.5. The Bertz CT molecular complexity index is 410. The number of urea groups is 1. The molecule has 2 N–H and O–H groups in total. The number of carboxylic acid groups (broad SMARTS) is 1. The lowest BCUT2D eigenvalue weighted by molar-refractivity contribution is -0.144. The summed E-state index contributed by atoms with van der Waals surface area (Å²) in [6.07, 6.45) is 3.49. The molecule has 0 radical (unpaired) electrons.